The molecular weight excluding hydrogens is 180 g/mol. The Hall–Kier alpha value is -0.610. The number of carbonyl (C=O) groups is 1. The normalized spacial score (nSPS) is 21.1. The Labute approximate surface area is 85.6 Å². The standard InChI is InChI=1S/C10H20N2O2/c1-11-6-4-7-12(2)10(13)9-5-3-8-14-9/h9,11H,3-8H2,1-2H3/t9-/m1/s1. The molecule has 4 heteroatoms. The molecule has 0 bridgehead atoms. The molecule has 82 valence electrons. The molecule has 0 aliphatic carbocycles. The van der Waals surface area contributed by atoms with Crippen LogP contribution in [0.4, 0.5) is 0 Å². The molecule has 1 atom stereocenters. The van der Waals surface area contributed by atoms with Gasteiger partial charge in [-0.3, -0.25) is 4.79 Å². The Kier molecular flexibility index (Phi) is 4.90. The number of carbonyl (C=O) groups excluding carboxylic acids is 1. The van der Waals surface area contributed by atoms with E-state index in [0.29, 0.717) is 0 Å². The maximum atomic E-state index is 11.7. The smallest absolute Gasteiger partial charge is 0.251 e. The van der Waals surface area contributed by atoms with Gasteiger partial charge in [-0.2, -0.15) is 0 Å². The number of nitrogens with zero attached hydrogens (tertiary/aromatic N) is 1. The van der Waals surface area contributed by atoms with Gasteiger partial charge < -0.3 is 15.0 Å². The second-order valence-corrected chi connectivity index (χ2v) is 3.72. The third-order valence-electron chi connectivity index (χ3n) is 2.50. The van der Waals surface area contributed by atoms with E-state index >= 15 is 0 Å². The Morgan fingerprint density at radius 3 is 3.00 bits per heavy atom. The summed E-state index contributed by atoms with van der Waals surface area (Å²) in [5.74, 6) is 0.138. The monoisotopic (exact) mass is 200 g/mol. The van der Waals surface area contributed by atoms with E-state index in [4.69, 9.17) is 4.74 Å². The van der Waals surface area contributed by atoms with Crippen LogP contribution in [0, 0.1) is 0 Å². The lowest BCUT2D eigenvalue weighted by molar-refractivity contribution is -0.139. The van der Waals surface area contributed by atoms with Gasteiger partial charge in [-0.1, -0.05) is 0 Å². The molecule has 0 unspecified atom stereocenters. The first-order chi connectivity index (χ1) is 6.75. The van der Waals surface area contributed by atoms with Crippen molar-refractivity contribution in [3.63, 3.8) is 0 Å². The predicted octanol–water partition coefficient (Wildman–Crippen LogP) is 0.233. The van der Waals surface area contributed by atoms with Crippen molar-refractivity contribution >= 4 is 5.91 Å². The minimum atomic E-state index is -0.172. The topological polar surface area (TPSA) is 41.6 Å². The van der Waals surface area contributed by atoms with Crippen molar-refractivity contribution < 1.29 is 9.53 Å². The van der Waals surface area contributed by atoms with E-state index in [9.17, 15) is 4.79 Å². The first-order valence-corrected chi connectivity index (χ1v) is 5.27. The summed E-state index contributed by atoms with van der Waals surface area (Å²) in [6.45, 7) is 2.49. The largest absolute Gasteiger partial charge is 0.368 e. The molecule has 4 nitrogen and oxygen atoms in total. The van der Waals surface area contributed by atoms with Gasteiger partial charge in [0.15, 0.2) is 0 Å². The lowest BCUT2D eigenvalue weighted by atomic mass is 10.2. The fourth-order valence-corrected chi connectivity index (χ4v) is 1.62. The molecule has 1 N–H and O–H groups in total. The molecule has 0 aromatic rings. The van der Waals surface area contributed by atoms with Crippen LogP contribution in [0.25, 0.3) is 0 Å². The second kappa shape index (κ2) is 5.98. The van der Waals surface area contributed by atoms with Gasteiger partial charge in [-0.05, 0) is 32.9 Å². The van der Waals surface area contributed by atoms with E-state index < -0.39 is 0 Å². The molecule has 1 rings (SSSR count). The van der Waals surface area contributed by atoms with Gasteiger partial charge in [-0.25, -0.2) is 0 Å². The van der Waals surface area contributed by atoms with Gasteiger partial charge in [0.2, 0.25) is 0 Å². The van der Waals surface area contributed by atoms with E-state index in [0.717, 1.165) is 39.0 Å². The highest BCUT2D eigenvalue weighted by Gasteiger charge is 2.25. The molecule has 1 amide bonds. The van der Waals surface area contributed by atoms with E-state index in [-0.39, 0.29) is 12.0 Å². The van der Waals surface area contributed by atoms with Crippen molar-refractivity contribution in [1.29, 1.82) is 0 Å². The van der Waals surface area contributed by atoms with Crippen LogP contribution in [-0.4, -0.2) is 50.7 Å². The maximum Gasteiger partial charge on any atom is 0.251 e. The molecular formula is C10H20N2O2. The van der Waals surface area contributed by atoms with Crippen LogP contribution >= 0.6 is 0 Å². The van der Waals surface area contributed by atoms with Gasteiger partial charge in [-0.15, -0.1) is 0 Å². The Bertz CT molecular complexity index is 179. The molecule has 0 radical (unpaired) electrons. The van der Waals surface area contributed by atoms with E-state index in [1.54, 1.807) is 4.90 Å². The molecule has 1 heterocycles. The van der Waals surface area contributed by atoms with Crippen LogP contribution < -0.4 is 5.32 Å². The molecule has 1 saturated heterocycles. The Balaban J connectivity index is 2.21. The van der Waals surface area contributed by atoms with Crippen molar-refractivity contribution in [3.05, 3.63) is 0 Å². The maximum absolute atomic E-state index is 11.7. The minimum absolute atomic E-state index is 0.138. The Morgan fingerprint density at radius 1 is 1.64 bits per heavy atom. The summed E-state index contributed by atoms with van der Waals surface area (Å²) in [6.07, 6.45) is 2.72. The highest BCUT2D eigenvalue weighted by atomic mass is 16.5. The van der Waals surface area contributed by atoms with Crippen molar-refractivity contribution in [2.45, 2.75) is 25.4 Å². The SMILES string of the molecule is CNCCCN(C)C(=O)[C@H]1CCCO1. The average molecular weight is 200 g/mol. The fourth-order valence-electron chi connectivity index (χ4n) is 1.62. The number of likely N-dealkylation sites (N-methyl/N-ethyl adjacent to an activating group) is 1. The first kappa shape index (κ1) is 11.5. The fraction of sp³-hybridized carbons (Fsp3) is 0.900. The summed E-state index contributed by atoms with van der Waals surface area (Å²) >= 11 is 0. The van der Waals surface area contributed by atoms with Crippen molar-refractivity contribution in [2.75, 3.05) is 33.8 Å². The first-order valence-electron chi connectivity index (χ1n) is 5.27. The third-order valence-corrected chi connectivity index (χ3v) is 2.50. The van der Waals surface area contributed by atoms with Crippen molar-refractivity contribution in [3.8, 4) is 0 Å². The summed E-state index contributed by atoms with van der Waals surface area (Å²) in [7, 11) is 3.77. The van der Waals surface area contributed by atoms with Crippen LogP contribution in [0.15, 0.2) is 0 Å². The van der Waals surface area contributed by atoms with Crippen LogP contribution in [0.3, 0.4) is 0 Å². The minimum Gasteiger partial charge on any atom is -0.368 e. The lowest BCUT2D eigenvalue weighted by Crippen LogP contribution is -2.37. The zero-order valence-corrected chi connectivity index (χ0v) is 9.08. The number of hydrogen-bond donors (Lipinski definition) is 1. The second-order valence-electron chi connectivity index (χ2n) is 3.72. The summed E-state index contributed by atoms with van der Waals surface area (Å²) in [4.78, 5) is 13.5. The number of nitrogens with one attached hydrogen (secondary N) is 1. The molecule has 0 saturated carbocycles. The van der Waals surface area contributed by atoms with Crippen LogP contribution in [0.1, 0.15) is 19.3 Å². The van der Waals surface area contributed by atoms with Gasteiger partial charge in [0.1, 0.15) is 6.10 Å². The van der Waals surface area contributed by atoms with E-state index in [1.807, 2.05) is 14.1 Å². The predicted molar refractivity (Wildman–Crippen MR) is 55.2 cm³/mol. The highest BCUT2D eigenvalue weighted by molar-refractivity contribution is 5.80. The lowest BCUT2D eigenvalue weighted by Gasteiger charge is -2.20. The van der Waals surface area contributed by atoms with Gasteiger partial charge in [0, 0.05) is 20.2 Å². The third kappa shape index (κ3) is 3.27. The van der Waals surface area contributed by atoms with Crippen molar-refractivity contribution in [2.24, 2.45) is 0 Å². The zero-order chi connectivity index (χ0) is 10.4. The molecule has 1 aliphatic heterocycles. The van der Waals surface area contributed by atoms with Crippen molar-refractivity contribution in [1.82, 2.24) is 10.2 Å². The van der Waals surface area contributed by atoms with Gasteiger partial charge in [0.05, 0.1) is 0 Å². The molecule has 14 heavy (non-hydrogen) atoms. The van der Waals surface area contributed by atoms with Crippen LogP contribution in [0.2, 0.25) is 0 Å². The zero-order valence-electron chi connectivity index (χ0n) is 9.08. The van der Waals surface area contributed by atoms with E-state index in [1.165, 1.54) is 0 Å². The van der Waals surface area contributed by atoms with Gasteiger partial charge >= 0.3 is 0 Å². The summed E-state index contributed by atoms with van der Waals surface area (Å²) in [5.41, 5.74) is 0. The molecule has 0 aromatic carbocycles. The Morgan fingerprint density at radius 2 is 2.43 bits per heavy atom. The number of amides is 1. The summed E-state index contributed by atoms with van der Waals surface area (Å²) in [6, 6.07) is 0. The van der Waals surface area contributed by atoms with Crippen LogP contribution in [0.5, 0.6) is 0 Å². The highest BCUT2D eigenvalue weighted by Crippen LogP contribution is 2.13. The number of rotatable bonds is 5. The molecule has 1 fully saturated rings. The number of hydrogen-bond acceptors (Lipinski definition) is 3. The molecule has 0 aromatic heterocycles. The number of ether oxygens (including phenoxy) is 1. The van der Waals surface area contributed by atoms with Crippen LogP contribution in [-0.2, 0) is 9.53 Å². The van der Waals surface area contributed by atoms with E-state index in [2.05, 4.69) is 5.32 Å². The molecule has 1 aliphatic rings. The summed E-state index contributed by atoms with van der Waals surface area (Å²) < 4.78 is 5.34. The summed E-state index contributed by atoms with van der Waals surface area (Å²) in [5, 5.41) is 3.06. The average Bonchev–Trinajstić information content (AvgIpc) is 2.69. The quantitative estimate of drug-likeness (QED) is 0.646. The van der Waals surface area contributed by atoms with Gasteiger partial charge in [0.25, 0.3) is 5.91 Å². The molecule has 0 spiro atoms.